The van der Waals surface area contributed by atoms with Crippen LogP contribution in [0.5, 0.6) is 0 Å². The first-order valence-corrected chi connectivity index (χ1v) is 8.69. The lowest BCUT2D eigenvalue weighted by atomic mass is 9.94. The van der Waals surface area contributed by atoms with Gasteiger partial charge in [-0.3, -0.25) is 0 Å². The summed E-state index contributed by atoms with van der Waals surface area (Å²) in [5, 5.41) is 11.3. The third kappa shape index (κ3) is 3.03. The average molecular weight is 297 g/mol. The van der Waals surface area contributed by atoms with Crippen LogP contribution in [0.2, 0.25) is 0 Å². The lowest BCUT2D eigenvalue weighted by molar-refractivity contribution is 0.591. The molecule has 3 rings (SSSR count). The molecular formula is C19H27N3. The summed E-state index contributed by atoms with van der Waals surface area (Å²) >= 11 is 0. The predicted molar refractivity (Wildman–Crippen MR) is 94.8 cm³/mol. The summed E-state index contributed by atoms with van der Waals surface area (Å²) in [4.78, 5) is 2.51. The number of benzene rings is 1. The largest absolute Gasteiger partial charge is 0.388 e. The monoisotopic (exact) mass is 297 g/mol. The minimum atomic E-state index is 1.04. The Morgan fingerprint density at radius 1 is 1.27 bits per heavy atom. The minimum absolute atomic E-state index is 1.04. The van der Waals surface area contributed by atoms with Crippen molar-refractivity contribution in [3.8, 4) is 0 Å². The van der Waals surface area contributed by atoms with Gasteiger partial charge in [0.1, 0.15) is 0 Å². The SMILES string of the molecule is CCCN1CCCc2cc(/C(C=N)=C3\CCCCN3)ccc21. The summed E-state index contributed by atoms with van der Waals surface area (Å²) < 4.78 is 0. The molecule has 3 heteroatoms. The lowest BCUT2D eigenvalue weighted by Gasteiger charge is -2.31. The first-order chi connectivity index (χ1) is 10.8. The quantitative estimate of drug-likeness (QED) is 0.825. The molecule has 0 radical (unpaired) electrons. The molecule has 1 aromatic rings. The topological polar surface area (TPSA) is 39.1 Å². The molecule has 0 bridgehead atoms. The Kier molecular flexibility index (Phi) is 4.81. The van der Waals surface area contributed by atoms with Crippen molar-refractivity contribution >= 4 is 17.5 Å². The van der Waals surface area contributed by atoms with Crippen LogP contribution in [-0.2, 0) is 6.42 Å². The molecule has 22 heavy (non-hydrogen) atoms. The Morgan fingerprint density at radius 3 is 2.91 bits per heavy atom. The summed E-state index contributed by atoms with van der Waals surface area (Å²) in [5.41, 5.74) is 6.39. The summed E-state index contributed by atoms with van der Waals surface area (Å²) in [7, 11) is 0. The highest BCUT2D eigenvalue weighted by Crippen LogP contribution is 2.31. The normalized spacial score (nSPS) is 20.1. The molecule has 2 aliphatic heterocycles. The van der Waals surface area contributed by atoms with Crippen LogP contribution < -0.4 is 10.2 Å². The number of fused-ring (bicyclic) bond motifs is 1. The van der Waals surface area contributed by atoms with Gasteiger partial charge in [0.25, 0.3) is 0 Å². The number of allylic oxidation sites excluding steroid dienone is 2. The molecule has 2 N–H and O–H groups in total. The molecule has 0 atom stereocenters. The number of nitrogens with zero attached hydrogens (tertiary/aromatic N) is 1. The van der Waals surface area contributed by atoms with Crippen LogP contribution in [0.3, 0.4) is 0 Å². The van der Waals surface area contributed by atoms with E-state index in [0.717, 1.165) is 31.5 Å². The Morgan fingerprint density at radius 2 is 2.18 bits per heavy atom. The highest BCUT2D eigenvalue weighted by molar-refractivity contribution is 6.09. The van der Waals surface area contributed by atoms with Crippen molar-refractivity contribution in [1.82, 2.24) is 5.32 Å². The molecule has 0 unspecified atom stereocenters. The molecule has 3 nitrogen and oxygen atoms in total. The van der Waals surface area contributed by atoms with E-state index in [1.165, 1.54) is 61.0 Å². The fourth-order valence-corrected chi connectivity index (χ4v) is 3.67. The van der Waals surface area contributed by atoms with E-state index in [1.807, 2.05) is 0 Å². The van der Waals surface area contributed by atoms with Gasteiger partial charge >= 0.3 is 0 Å². The van der Waals surface area contributed by atoms with Crippen LogP contribution in [0.25, 0.3) is 5.57 Å². The maximum atomic E-state index is 7.85. The van der Waals surface area contributed by atoms with Gasteiger partial charge in [-0.2, -0.15) is 0 Å². The van der Waals surface area contributed by atoms with Crippen LogP contribution in [0.15, 0.2) is 23.9 Å². The first kappa shape index (κ1) is 15.1. The van der Waals surface area contributed by atoms with E-state index >= 15 is 0 Å². The number of hydrogen-bond acceptors (Lipinski definition) is 3. The molecule has 2 heterocycles. The van der Waals surface area contributed by atoms with E-state index in [9.17, 15) is 0 Å². The molecular weight excluding hydrogens is 270 g/mol. The summed E-state index contributed by atoms with van der Waals surface area (Å²) in [6, 6.07) is 6.80. The smallest absolute Gasteiger partial charge is 0.0399 e. The molecule has 1 aromatic carbocycles. The maximum absolute atomic E-state index is 7.85. The fourth-order valence-electron chi connectivity index (χ4n) is 3.67. The molecule has 2 aliphatic rings. The van der Waals surface area contributed by atoms with Crippen molar-refractivity contribution < 1.29 is 0 Å². The number of hydrogen-bond donors (Lipinski definition) is 2. The number of piperidine rings is 1. The molecule has 0 spiro atoms. The minimum Gasteiger partial charge on any atom is -0.388 e. The van der Waals surface area contributed by atoms with Crippen LogP contribution in [0.1, 0.15) is 50.2 Å². The van der Waals surface area contributed by atoms with E-state index in [2.05, 4.69) is 35.3 Å². The molecule has 1 saturated heterocycles. The van der Waals surface area contributed by atoms with Gasteiger partial charge in [-0.15, -0.1) is 0 Å². The number of nitrogens with one attached hydrogen (secondary N) is 2. The van der Waals surface area contributed by atoms with Crippen molar-refractivity contribution in [2.75, 3.05) is 24.5 Å². The Hall–Kier alpha value is -1.77. The van der Waals surface area contributed by atoms with Crippen LogP contribution in [-0.4, -0.2) is 25.8 Å². The zero-order chi connectivity index (χ0) is 15.4. The van der Waals surface area contributed by atoms with Gasteiger partial charge in [-0.05, 0) is 61.8 Å². The van der Waals surface area contributed by atoms with Gasteiger partial charge in [0.2, 0.25) is 0 Å². The number of rotatable bonds is 4. The number of aryl methyl sites for hydroxylation is 1. The second-order valence-electron chi connectivity index (χ2n) is 6.35. The van der Waals surface area contributed by atoms with Gasteiger partial charge < -0.3 is 15.6 Å². The Balaban J connectivity index is 1.93. The van der Waals surface area contributed by atoms with Crippen molar-refractivity contribution in [3.63, 3.8) is 0 Å². The number of anilines is 1. The van der Waals surface area contributed by atoms with Crippen molar-refractivity contribution in [3.05, 3.63) is 35.0 Å². The molecule has 0 saturated carbocycles. The van der Waals surface area contributed by atoms with E-state index < -0.39 is 0 Å². The molecule has 0 amide bonds. The highest BCUT2D eigenvalue weighted by atomic mass is 15.1. The van der Waals surface area contributed by atoms with Crippen LogP contribution in [0.4, 0.5) is 5.69 Å². The second-order valence-corrected chi connectivity index (χ2v) is 6.35. The van der Waals surface area contributed by atoms with Crippen molar-refractivity contribution in [2.24, 2.45) is 0 Å². The van der Waals surface area contributed by atoms with Gasteiger partial charge in [-0.1, -0.05) is 13.0 Å². The standard InChI is InChI=1S/C19H27N3/c1-2-11-22-12-5-6-16-13-15(8-9-19(16)22)17(14-20)18-7-3-4-10-21-18/h8-9,13-14,20-21H,2-7,10-12H2,1H3/b18-17+,20-14?. The van der Waals surface area contributed by atoms with Gasteiger partial charge in [0, 0.05) is 42.8 Å². The third-order valence-electron chi connectivity index (χ3n) is 4.76. The molecule has 118 valence electrons. The summed E-state index contributed by atoms with van der Waals surface area (Å²) in [5.74, 6) is 0. The zero-order valence-corrected chi connectivity index (χ0v) is 13.6. The summed E-state index contributed by atoms with van der Waals surface area (Å²) in [6.45, 7) is 5.61. The molecule has 0 aliphatic carbocycles. The van der Waals surface area contributed by atoms with E-state index in [0.29, 0.717) is 0 Å². The van der Waals surface area contributed by atoms with Crippen molar-refractivity contribution in [1.29, 1.82) is 5.41 Å². The van der Waals surface area contributed by atoms with Crippen molar-refractivity contribution in [2.45, 2.75) is 45.4 Å². The second kappa shape index (κ2) is 6.99. The lowest BCUT2D eigenvalue weighted by Crippen LogP contribution is -2.30. The Labute approximate surface area is 133 Å². The fraction of sp³-hybridized carbons (Fsp3) is 0.526. The first-order valence-electron chi connectivity index (χ1n) is 8.69. The zero-order valence-electron chi connectivity index (χ0n) is 13.6. The van der Waals surface area contributed by atoms with Gasteiger partial charge in [0.15, 0.2) is 0 Å². The molecule has 1 fully saturated rings. The van der Waals surface area contributed by atoms with Crippen LogP contribution >= 0.6 is 0 Å². The predicted octanol–water partition coefficient (Wildman–Crippen LogP) is 3.98. The Bertz CT molecular complexity index is 566. The molecule has 0 aromatic heterocycles. The van der Waals surface area contributed by atoms with Crippen LogP contribution in [0, 0.1) is 5.41 Å². The maximum Gasteiger partial charge on any atom is 0.0399 e. The van der Waals surface area contributed by atoms with E-state index in [-0.39, 0.29) is 0 Å². The summed E-state index contributed by atoms with van der Waals surface area (Å²) in [6.07, 6.45) is 8.68. The highest BCUT2D eigenvalue weighted by Gasteiger charge is 2.18. The third-order valence-corrected chi connectivity index (χ3v) is 4.76. The average Bonchev–Trinajstić information content (AvgIpc) is 2.57. The van der Waals surface area contributed by atoms with Gasteiger partial charge in [-0.25, -0.2) is 0 Å². The van der Waals surface area contributed by atoms with E-state index in [1.54, 1.807) is 0 Å². The van der Waals surface area contributed by atoms with E-state index in [4.69, 9.17) is 5.41 Å². The van der Waals surface area contributed by atoms with Gasteiger partial charge in [0.05, 0.1) is 0 Å².